The molecule has 3 amide bonds. The fourth-order valence-electron chi connectivity index (χ4n) is 2.91. The summed E-state index contributed by atoms with van der Waals surface area (Å²) in [6.07, 6.45) is -0.978. The number of hydrogen-bond acceptors (Lipinski definition) is 9. The highest BCUT2D eigenvalue weighted by Gasteiger charge is 2.27. The van der Waals surface area contributed by atoms with E-state index in [2.05, 4.69) is 15.4 Å². The molecule has 0 radical (unpaired) electrons. The fraction of sp³-hybridized carbons (Fsp3) is 0.273. The highest BCUT2D eigenvalue weighted by Crippen LogP contribution is 2.18. The molecule has 6 N–H and O–H groups in total. The van der Waals surface area contributed by atoms with E-state index in [1.807, 2.05) is 6.07 Å². The summed E-state index contributed by atoms with van der Waals surface area (Å²) >= 11 is 0. The van der Waals surface area contributed by atoms with Crippen LogP contribution in [0.3, 0.4) is 0 Å². The maximum Gasteiger partial charge on any atom is 0.521 e. The molecule has 0 aromatic heterocycles. The molecular weight excluding hydrogens is 462 g/mol. The Morgan fingerprint density at radius 1 is 1.03 bits per heavy atom. The van der Waals surface area contributed by atoms with Crippen LogP contribution in [-0.2, 0) is 20.7 Å². The van der Waals surface area contributed by atoms with Crippen molar-refractivity contribution in [1.82, 2.24) is 10.6 Å². The summed E-state index contributed by atoms with van der Waals surface area (Å²) in [6, 6.07) is 10.5. The van der Waals surface area contributed by atoms with Gasteiger partial charge in [-0.05, 0) is 37.0 Å². The molecule has 186 valence electrons. The van der Waals surface area contributed by atoms with Crippen LogP contribution in [0.1, 0.15) is 18.4 Å². The lowest BCUT2D eigenvalue weighted by molar-refractivity contribution is -0.384. The standard InChI is InChI=1S/C22H25N5O8/c23-17(13-14-5-2-1-3-6-14)19(28)26-18(7-4-12-25-21(24)30)20(29)35-22(31)34-16-10-8-15(9-11-16)27(32)33/h1-3,5-6,8-11,17-18H,4,7,12-13,23H2,(H,26,28)(H3,24,25,30)/t17-,18-/m0/s1. The van der Waals surface area contributed by atoms with Gasteiger partial charge >= 0.3 is 18.2 Å². The summed E-state index contributed by atoms with van der Waals surface area (Å²) < 4.78 is 9.51. The average molecular weight is 487 g/mol. The molecule has 0 saturated carbocycles. The van der Waals surface area contributed by atoms with E-state index < -0.39 is 41.1 Å². The zero-order valence-electron chi connectivity index (χ0n) is 18.5. The number of nitrogens with zero attached hydrogens (tertiary/aromatic N) is 1. The van der Waals surface area contributed by atoms with Gasteiger partial charge in [-0.25, -0.2) is 14.4 Å². The van der Waals surface area contributed by atoms with Gasteiger partial charge in [-0.15, -0.1) is 0 Å². The van der Waals surface area contributed by atoms with Crippen LogP contribution in [0.2, 0.25) is 0 Å². The number of non-ortho nitro benzene ring substituents is 1. The molecule has 2 aromatic rings. The predicted octanol–water partition coefficient (Wildman–Crippen LogP) is 1.14. The minimum Gasteiger partial charge on any atom is -0.395 e. The van der Waals surface area contributed by atoms with Gasteiger partial charge in [0.15, 0.2) is 0 Å². The van der Waals surface area contributed by atoms with Crippen molar-refractivity contribution >= 4 is 29.8 Å². The van der Waals surface area contributed by atoms with Crippen molar-refractivity contribution in [3.63, 3.8) is 0 Å². The molecule has 0 spiro atoms. The zero-order chi connectivity index (χ0) is 25.8. The number of hydrogen-bond donors (Lipinski definition) is 4. The van der Waals surface area contributed by atoms with Gasteiger partial charge in [-0.2, -0.15) is 0 Å². The number of nitro benzene ring substituents is 1. The lowest BCUT2D eigenvalue weighted by atomic mass is 10.1. The Labute approximate surface area is 199 Å². The molecule has 0 heterocycles. The van der Waals surface area contributed by atoms with E-state index in [4.69, 9.17) is 16.2 Å². The number of primary amides is 1. The number of ether oxygens (including phenoxy) is 2. The molecule has 2 aromatic carbocycles. The van der Waals surface area contributed by atoms with E-state index in [0.717, 1.165) is 29.8 Å². The van der Waals surface area contributed by atoms with E-state index in [1.54, 1.807) is 24.3 Å². The van der Waals surface area contributed by atoms with Crippen LogP contribution in [0.5, 0.6) is 5.75 Å². The summed E-state index contributed by atoms with van der Waals surface area (Å²) in [7, 11) is 0. The van der Waals surface area contributed by atoms with E-state index in [0.29, 0.717) is 0 Å². The summed E-state index contributed by atoms with van der Waals surface area (Å²) in [5.41, 5.74) is 11.5. The largest absolute Gasteiger partial charge is 0.521 e. The maximum absolute atomic E-state index is 12.6. The Kier molecular flexibility index (Phi) is 10.1. The smallest absolute Gasteiger partial charge is 0.395 e. The molecule has 0 aliphatic rings. The molecule has 2 atom stereocenters. The third kappa shape index (κ3) is 9.47. The Morgan fingerprint density at radius 2 is 1.69 bits per heavy atom. The number of urea groups is 1. The predicted molar refractivity (Wildman–Crippen MR) is 122 cm³/mol. The minimum atomic E-state index is -1.40. The lowest BCUT2D eigenvalue weighted by Gasteiger charge is -2.19. The van der Waals surface area contributed by atoms with Gasteiger partial charge in [0.05, 0.1) is 11.0 Å². The van der Waals surface area contributed by atoms with Crippen molar-refractivity contribution in [2.75, 3.05) is 6.54 Å². The number of carbonyl (C=O) groups is 4. The summed E-state index contributed by atoms with van der Waals surface area (Å²) in [4.78, 5) is 58.0. The van der Waals surface area contributed by atoms with Crippen molar-refractivity contribution in [2.45, 2.75) is 31.3 Å². The second kappa shape index (κ2) is 13.3. The summed E-state index contributed by atoms with van der Waals surface area (Å²) in [6.45, 7) is 0.109. The van der Waals surface area contributed by atoms with Crippen LogP contribution in [0, 0.1) is 10.1 Å². The van der Waals surface area contributed by atoms with E-state index >= 15 is 0 Å². The second-order valence-electron chi connectivity index (χ2n) is 7.31. The van der Waals surface area contributed by atoms with Crippen LogP contribution in [-0.4, -0.2) is 47.6 Å². The highest BCUT2D eigenvalue weighted by atomic mass is 16.7. The normalized spacial score (nSPS) is 12.0. The molecule has 2 rings (SSSR count). The van der Waals surface area contributed by atoms with Crippen LogP contribution in [0.4, 0.5) is 15.3 Å². The number of rotatable bonds is 11. The fourth-order valence-corrected chi connectivity index (χ4v) is 2.91. The average Bonchev–Trinajstić information content (AvgIpc) is 2.81. The number of nitrogens with two attached hydrogens (primary N) is 2. The SMILES string of the molecule is NC(=O)NCCC[C@H](NC(=O)[C@@H](N)Cc1ccccc1)C(=O)OC(=O)Oc1ccc([N+](=O)[O-])cc1. The Balaban J connectivity index is 1.98. The first-order chi connectivity index (χ1) is 16.7. The quantitative estimate of drug-likeness (QED) is 0.0893. The number of nitrogens with one attached hydrogen (secondary N) is 2. The van der Waals surface area contributed by atoms with Crippen LogP contribution in [0.25, 0.3) is 0 Å². The molecule has 0 aliphatic carbocycles. The second-order valence-corrected chi connectivity index (χ2v) is 7.31. The molecule has 0 unspecified atom stereocenters. The third-order valence-electron chi connectivity index (χ3n) is 4.64. The van der Waals surface area contributed by atoms with Crippen LogP contribution in [0.15, 0.2) is 54.6 Å². The zero-order valence-corrected chi connectivity index (χ0v) is 18.5. The Morgan fingerprint density at radius 3 is 2.29 bits per heavy atom. The minimum absolute atomic E-state index is 0.00623. The van der Waals surface area contributed by atoms with E-state index in [9.17, 15) is 29.3 Å². The molecule has 0 fully saturated rings. The Hall–Kier alpha value is -4.52. The van der Waals surface area contributed by atoms with Crippen molar-refractivity contribution < 1.29 is 33.6 Å². The molecule has 0 aliphatic heterocycles. The molecule has 13 nitrogen and oxygen atoms in total. The third-order valence-corrected chi connectivity index (χ3v) is 4.64. The number of benzene rings is 2. The topological polar surface area (TPSA) is 206 Å². The Bertz CT molecular complexity index is 1050. The van der Waals surface area contributed by atoms with E-state index in [-0.39, 0.29) is 37.2 Å². The molecule has 13 heteroatoms. The number of nitro groups is 1. The van der Waals surface area contributed by atoms with Crippen LogP contribution < -0.4 is 26.8 Å². The van der Waals surface area contributed by atoms with Gasteiger partial charge in [0.25, 0.3) is 5.69 Å². The number of esters is 1. The van der Waals surface area contributed by atoms with E-state index in [1.165, 1.54) is 0 Å². The molecule has 0 bridgehead atoms. The van der Waals surface area contributed by atoms with Crippen molar-refractivity contribution in [1.29, 1.82) is 0 Å². The van der Waals surface area contributed by atoms with Crippen molar-refractivity contribution in [3.8, 4) is 5.75 Å². The van der Waals surface area contributed by atoms with Crippen LogP contribution >= 0.6 is 0 Å². The first kappa shape index (κ1) is 26.7. The molecular formula is C22H25N5O8. The van der Waals surface area contributed by atoms with Crippen molar-refractivity contribution in [3.05, 3.63) is 70.3 Å². The lowest BCUT2D eigenvalue weighted by Crippen LogP contribution is -2.50. The molecule has 35 heavy (non-hydrogen) atoms. The number of amides is 3. The first-order valence-corrected chi connectivity index (χ1v) is 10.5. The molecule has 0 saturated heterocycles. The first-order valence-electron chi connectivity index (χ1n) is 10.5. The van der Waals surface area contributed by atoms with Gasteiger partial charge in [-0.1, -0.05) is 30.3 Å². The number of carbonyl (C=O) groups excluding carboxylic acids is 4. The van der Waals surface area contributed by atoms with Crippen molar-refractivity contribution in [2.24, 2.45) is 11.5 Å². The maximum atomic E-state index is 12.6. The monoisotopic (exact) mass is 487 g/mol. The highest BCUT2D eigenvalue weighted by molar-refractivity contribution is 5.91. The van der Waals surface area contributed by atoms with Gasteiger partial charge in [-0.3, -0.25) is 14.9 Å². The summed E-state index contributed by atoms with van der Waals surface area (Å²) in [5, 5.41) is 15.5. The van der Waals surface area contributed by atoms with Gasteiger partial charge in [0, 0.05) is 18.7 Å². The van der Waals surface area contributed by atoms with Gasteiger partial charge in [0.2, 0.25) is 5.91 Å². The summed E-state index contributed by atoms with van der Waals surface area (Å²) in [5.74, 6) is -1.86. The van der Waals surface area contributed by atoms with Gasteiger partial charge in [0.1, 0.15) is 11.8 Å². The van der Waals surface area contributed by atoms with Gasteiger partial charge < -0.3 is 31.6 Å².